The predicted octanol–water partition coefficient (Wildman–Crippen LogP) is 2.50. The second kappa shape index (κ2) is 4.49. The second-order valence-electron chi connectivity index (χ2n) is 4.21. The highest BCUT2D eigenvalue weighted by Crippen LogP contribution is 2.36. The molecule has 0 amide bonds. The third kappa shape index (κ3) is 2.07. The number of carbonyl (C=O) groups is 1. The van der Waals surface area contributed by atoms with Crippen LogP contribution in [0.2, 0.25) is 0 Å². The van der Waals surface area contributed by atoms with Crippen LogP contribution in [0.5, 0.6) is 0 Å². The topological polar surface area (TPSA) is 47.3 Å². The molecule has 1 saturated heterocycles. The fraction of sp³-hybridized carbons (Fsp3) is 0.417. The average Bonchev–Trinajstić information content (AvgIpc) is 2.82. The van der Waals surface area contributed by atoms with E-state index < -0.39 is 0 Å². The first-order valence-corrected chi connectivity index (χ1v) is 6.85. The molecule has 1 aliphatic heterocycles. The molecule has 2 aromatic heterocycles. The van der Waals surface area contributed by atoms with Crippen molar-refractivity contribution in [3.05, 3.63) is 29.7 Å². The molecule has 1 atom stereocenters. The van der Waals surface area contributed by atoms with Crippen LogP contribution >= 0.6 is 11.8 Å². The number of nitrogens with zero attached hydrogens (tertiary/aromatic N) is 3. The molecule has 1 unspecified atom stereocenters. The highest BCUT2D eigenvalue weighted by Gasteiger charge is 2.20. The quantitative estimate of drug-likeness (QED) is 0.765. The van der Waals surface area contributed by atoms with Gasteiger partial charge in [0.15, 0.2) is 11.5 Å². The predicted molar refractivity (Wildman–Crippen MR) is 67.4 cm³/mol. The van der Waals surface area contributed by atoms with E-state index in [2.05, 4.69) is 10.1 Å². The fourth-order valence-electron chi connectivity index (χ4n) is 2.07. The van der Waals surface area contributed by atoms with E-state index in [1.54, 1.807) is 22.8 Å². The standard InChI is InChI=1S/C12H13N3OS/c16-8-9-4-5-15-11(7-9)13-12(14-15)10-3-1-2-6-17-10/h4-5,7-8,10H,1-3,6H2. The molecule has 0 N–H and O–H groups in total. The Morgan fingerprint density at radius 3 is 3.18 bits per heavy atom. The molecule has 0 spiro atoms. The number of pyridine rings is 1. The summed E-state index contributed by atoms with van der Waals surface area (Å²) in [5.74, 6) is 2.09. The Hall–Kier alpha value is -1.36. The van der Waals surface area contributed by atoms with Crippen LogP contribution in [0.1, 0.15) is 40.7 Å². The minimum atomic E-state index is 0.420. The van der Waals surface area contributed by atoms with E-state index in [0.717, 1.165) is 24.2 Å². The molecule has 4 nitrogen and oxygen atoms in total. The van der Waals surface area contributed by atoms with Gasteiger partial charge in [-0.1, -0.05) is 6.42 Å². The zero-order chi connectivity index (χ0) is 11.7. The van der Waals surface area contributed by atoms with Crippen molar-refractivity contribution in [2.75, 3.05) is 5.75 Å². The summed E-state index contributed by atoms with van der Waals surface area (Å²) in [5, 5.41) is 4.90. The first kappa shape index (κ1) is 10.8. The van der Waals surface area contributed by atoms with Crippen LogP contribution < -0.4 is 0 Å². The molecule has 0 radical (unpaired) electrons. The van der Waals surface area contributed by atoms with Crippen LogP contribution in [-0.4, -0.2) is 26.6 Å². The Kier molecular flexibility index (Phi) is 2.84. The van der Waals surface area contributed by atoms with Gasteiger partial charge in [0.2, 0.25) is 0 Å². The smallest absolute Gasteiger partial charge is 0.164 e. The third-order valence-corrected chi connectivity index (χ3v) is 4.35. The Bertz CT molecular complexity index is 546. The molecule has 1 aliphatic rings. The van der Waals surface area contributed by atoms with E-state index in [0.29, 0.717) is 10.8 Å². The van der Waals surface area contributed by atoms with Gasteiger partial charge in [-0.3, -0.25) is 4.79 Å². The van der Waals surface area contributed by atoms with Gasteiger partial charge in [-0.15, -0.1) is 0 Å². The summed E-state index contributed by atoms with van der Waals surface area (Å²) in [5.41, 5.74) is 1.41. The highest BCUT2D eigenvalue weighted by molar-refractivity contribution is 7.99. The van der Waals surface area contributed by atoms with E-state index in [1.807, 2.05) is 11.8 Å². The van der Waals surface area contributed by atoms with Gasteiger partial charge in [-0.25, -0.2) is 9.50 Å². The summed E-state index contributed by atoms with van der Waals surface area (Å²) in [6.07, 6.45) is 6.34. The Labute approximate surface area is 103 Å². The lowest BCUT2D eigenvalue weighted by Gasteiger charge is -2.17. The first-order chi connectivity index (χ1) is 8.36. The lowest BCUT2D eigenvalue weighted by molar-refractivity contribution is 0.112. The van der Waals surface area contributed by atoms with E-state index in [9.17, 15) is 4.79 Å². The number of aldehydes is 1. The third-order valence-electron chi connectivity index (χ3n) is 2.98. The van der Waals surface area contributed by atoms with E-state index >= 15 is 0 Å². The number of thioether (sulfide) groups is 1. The SMILES string of the molecule is O=Cc1ccn2nc(C3CCCCS3)nc2c1. The van der Waals surface area contributed by atoms with Crippen LogP contribution in [0.4, 0.5) is 0 Å². The van der Waals surface area contributed by atoms with Crippen molar-refractivity contribution in [2.24, 2.45) is 0 Å². The zero-order valence-corrected chi connectivity index (χ0v) is 10.2. The van der Waals surface area contributed by atoms with Crippen molar-refractivity contribution >= 4 is 23.7 Å². The summed E-state index contributed by atoms with van der Waals surface area (Å²) in [4.78, 5) is 15.2. The maximum Gasteiger partial charge on any atom is 0.164 e. The maximum atomic E-state index is 10.7. The molecule has 3 heterocycles. The summed E-state index contributed by atoms with van der Waals surface area (Å²) >= 11 is 1.93. The van der Waals surface area contributed by atoms with E-state index in [4.69, 9.17) is 0 Å². The largest absolute Gasteiger partial charge is 0.298 e. The van der Waals surface area contributed by atoms with Gasteiger partial charge in [0.05, 0.1) is 5.25 Å². The Morgan fingerprint density at radius 1 is 1.47 bits per heavy atom. The van der Waals surface area contributed by atoms with Gasteiger partial charge in [0.25, 0.3) is 0 Å². The number of hydrogen-bond acceptors (Lipinski definition) is 4. The Balaban J connectivity index is 1.97. The minimum Gasteiger partial charge on any atom is -0.298 e. The number of aromatic nitrogens is 3. The van der Waals surface area contributed by atoms with Gasteiger partial charge < -0.3 is 0 Å². The summed E-state index contributed by atoms with van der Waals surface area (Å²) in [6, 6.07) is 3.53. The fourth-order valence-corrected chi connectivity index (χ4v) is 3.31. The summed E-state index contributed by atoms with van der Waals surface area (Å²) in [7, 11) is 0. The van der Waals surface area contributed by atoms with Crippen LogP contribution in [0, 0.1) is 0 Å². The molecule has 1 fully saturated rings. The van der Waals surface area contributed by atoms with Gasteiger partial charge in [-0.2, -0.15) is 16.9 Å². The van der Waals surface area contributed by atoms with Gasteiger partial charge >= 0.3 is 0 Å². The van der Waals surface area contributed by atoms with Gasteiger partial charge in [0.1, 0.15) is 6.29 Å². The molecule has 5 heteroatoms. The van der Waals surface area contributed by atoms with Gasteiger partial charge in [-0.05, 0) is 30.7 Å². The van der Waals surface area contributed by atoms with Gasteiger partial charge in [0, 0.05) is 11.8 Å². The summed E-state index contributed by atoms with van der Waals surface area (Å²) in [6.45, 7) is 0. The van der Waals surface area contributed by atoms with Crippen molar-refractivity contribution < 1.29 is 4.79 Å². The van der Waals surface area contributed by atoms with Crippen molar-refractivity contribution in [1.82, 2.24) is 14.6 Å². The second-order valence-corrected chi connectivity index (χ2v) is 5.52. The maximum absolute atomic E-state index is 10.7. The van der Waals surface area contributed by atoms with Crippen molar-refractivity contribution in [3.63, 3.8) is 0 Å². The molecule has 17 heavy (non-hydrogen) atoms. The van der Waals surface area contributed by atoms with Crippen LogP contribution in [0.25, 0.3) is 5.65 Å². The highest BCUT2D eigenvalue weighted by atomic mass is 32.2. The number of rotatable bonds is 2. The minimum absolute atomic E-state index is 0.420. The molecule has 88 valence electrons. The van der Waals surface area contributed by atoms with Crippen molar-refractivity contribution in [3.8, 4) is 0 Å². The first-order valence-electron chi connectivity index (χ1n) is 5.80. The monoisotopic (exact) mass is 247 g/mol. The molecule has 3 rings (SSSR count). The number of carbonyl (C=O) groups excluding carboxylic acids is 1. The summed E-state index contributed by atoms with van der Waals surface area (Å²) < 4.78 is 1.75. The number of hydrogen-bond donors (Lipinski definition) is 0. The normalized spacial score (nSPS) is 20.6. The van der Waals surface area contributed by atoms with Crippen LogP contribution in [0.3, 0.4) is 0 Å². The van der Waals surface area contributed by atoms with Crippen molar-refractivity contribution in [2.45, 2.75) is 24.5 Å². The molecule has 0 aliphatic carbocycles. The Morgan fingerprint density at radius 2 is 2.41 bits per heavy atom. The zero-order valence-electron chi connectivity index (χ0n) is 9.37. The van der Waals surface area contributed by atoms with Crippen LogP contribution in [0.15, 0.2) is 18.3 Å². The lowest BCUT2D eigenvalue weighted by Crippen LogP contribution is -2.04. The molecule has 2 aromatic rings. The average molecular weight is 247 g/mol. The molecule has 0 aromatic carbocycles. The number of fused-ring (bicyclic) bond motifs is 1. The molecule has 0 saturated carbocycles. The lowest BCUT2D eigenvalue weighted by atomic mass is 10.2. The van der Waals surface area contributed by atoms with Crippen molar-refractivity contribution in [1.29, 1.82) is 0 Å². The van der Waals surface area contributed by atoms with E-state index in [1.165, 1.54) is 18.6 Å². The molecular formula is C12H13N3OS. The molecular weight excluding hydrogens is 234 g/mol. The van der Waals surface area contributed by atoms with Crippen LogP contribution in [-0.2, 0) is 0 Å². The molecule has 0 bridgehead atoms. The van der Waals surface area contributed by atoms with E-state index in [-0.39, 0.29) is 0 Å².